The molecule has 2 aromatic heterocycles. The Kier molecular flexibility index (Phi) is 3.86. The van der Waals surface area contributed by atoms with Crippen LogP contribution < -0.4 is 10.1 Å². The van der Waals surface area contributed by atoms with E-state index in [1.807, 2.05) is 30.8 Å². The van der Waals surface area contributed by atoms with Gasteiger partial charge in [0.25, 0.3) is 0 Å². The average Bonchev–Trinajstić information content (AvgIpc) is 2.62. The molecule has 0 fully saturated rings. The highest BCUT2D eigenvalue weighted by atomic mass is 79.9. The zero-order valence-corrected chi connectivity index (χ0v) is 12.2. The summed E-state index contributed by atoms with van der Waals surface area (Å²) in [5.74, 6) is 0.609. The number of hydrogen-bond acceptors (Lipinski definition) is 4. The molecule has 6 heteroatoms. The average molecular weight is 311 g/mol. The number of nitrogens with one attached hydrogen (secondary N) is 1. The van der Waals surface area contributed by atoms with Crippen LogP contribution in [0, 0.1) is 6.92 Å². The van der Waals surface area contributed by atoms with E-state index in [1.165, 1.54) is 0 Å². The number of nitrogens with zero attached hydrogens (tertiary/aromatic N) is 3. The zero-order valence-electron chi connectivity index (χ0n) is 10.6. The lowest BCUT2D eigenvalue weighted by molar-refractivity contribution is 0.398. The predicted molar refractivity (Wildman–Crippen MR) is 73.8 cm³/mol. The van der Waals surface area contributed by atoms with E-state index in [-0.39, 0.29) is 0 Å². The van der Waals surface area contributed by atoms with Crippen molar-refractivity contribution in [3.63, 3.8) is 0 Å². The number of hydrogen-bond donors (Lipinski definition) is 1. The molecule has 0 bridgehead atoms. The number of methoxy groups -OCH3 is 1. The van der Waals surface area contributed by atoms with Crippen LogP contribution in [0.5, 0.6) is 5.88 Å². The molecule has 0 amide bonds. The van der Waals surface area contributed by atoms with Gasteiger partial charge < -0.3 is 10.1 Å². The van der Waals surface area contributed by atoms with E-state index >= 15 is 0 Å². The molecule has 2 heterocycles. The first-order valence-corrected chi connectivity index (χ1v) is 6.33. The summed E-state index contributed by atoms with van der Waals surface area (Å²) in [6.07, 6.45) is 1.75. The van der Waals surface area contributed by atoms with Crippen LogP contribution in [0.1, 0.15) is 11.4 Å². The Morgan fingerprint density at radius 3 is 2.72 bits per heavy atom. The van der Waals surface area contributed by atoms with E-state index in [1.54, 1.807) is 13.3 Å². The summed E-state index contributed by atoms with van der Waals surface area (Å²) in [7, 11) is 3.53. The zero-order chi connectivity index (χ0) is 13.1. The lowest BCUT2D eigenvalue weighted by Gasteiger charge is -2.07. The second-order valence-electron chi connectivity index (χ2n) is 3.91. The molecular formula is C12H15BrN4O. The van der Waals surface area contributed by atoms with Gasteiger partial charge in [-0.05, 0) is 28.9 Å². The normalized spacial score (nSPS) is 10.4. The van der Waals surface area contributed by atoms with Crippen molar-refractivity contribution >= 4 is 21.6 Å². The van der Waals surface area contributed by atoms with Crippen molar-refractivity contribution in [1.29, 1.82) is 0 Å². The molecule has 0 unspecified atom stereocenters. The molecule has 2 rings (SSSR count). The maximum absolute atomic E-state index is 5.01. The number of pyridine rings is 1. The quantitative estimate of drug-likeness (QED) is 0.942. The van der Waals surface area contributed by atoms with Crippen molar-refractivity contribution in [2.75, 3.05) is 12.4 Å². The van der Waals surface area contributed by atoms with Crippen molar-refractivity contribution in [1.82, 2.24) is 14.8 Å². The Morgan fingerprint density at radius 2 is 2.22 bits per heavy atom. The van der Waals surface area contributed by atoms with E-state index in [9.17, 15) is 0 Å². The fraction of sp³-hybridized carbons (Fsp3) is 0.333. The first kappa shape index (κ1) is 12.9. The Labute approximate surface area is 114 Å². The summed E-state index contributed by atoms with van der Waals surface area (Å²) in [6, 6.07) is 3.76. The molecule has 0 aliphatic heterocycles. The third kappa shape index (κ3) is 2.64. The van der Waals surface area contributed by atoms with E-state index < -0.39 is 0 Å². The van der Waals surface area contributed by atoms with Gasteiger partial charge in [0.1, 0.15) is 0 Å². The van der Waals surface area contributed by atoms with Crippen LogP contribution in [0.2, 0.25) is 0 Å². The van der Waals surface area contributed by atoms with Gasteiger partial charge in [-0.1, -0.05) is 0 Å². The number of rotatable bonds is 4. The predicted octanol–water partition coefficient (Wildman–Crippen LogP) is 2.51. The Hall–Kier alpha value is -1.56. The number of ether oxygens (including phenoxy) is 1. The Balaban J connectivity index is 2.06. The van der Waals surface area contributed by atoms with Gasteiger partial charge in [-0.15, -0.1) is 0 Å². The monoisotopic (exact) mass is 310 g/mol. The summed E-state index contributed by atoms with van der Waals surface area (Å²) < 4.78 is 7.92. The maximum Gasteiger partial charge on any atom is 0.213 e. The molecule has 0 aliphatic rings. The van der Waals surface area contributed by atoms with Crippen molar-refractivity contribution in [2.45, 2.75) is 13.5 Å². The second kappa shape index (κ2) is 5.39. The van der Waals surface area contributed by atoms with Gasteiger partial charge in [-0.25, -0.2) is 4.98 Å². The van der Waals surface area contributed by atoms with E-state index in [2.05, 4.69) is 31.3 Å². The highest BCUT2D eigenvalue weighted by Crippen LogP contribution is 2.21. The smallest absolute Gasteiger partial charge is 0.213 e. The number of halogens is 1. The standard InChI is InChI=1S/C12H15BrN4O/c1-8-12(13)10(17(2)16-8)7-14-9-4-5-11(18-3)15-6-9/h4-6,14H,7H2,1-3H3. The Bertz CT molecular complexity index is 536. The molecule has 18 heavy (non-hydrogen) atoms. The molecule has 2 aromatic rings. The van der Waals surface area contributed by atoms with Crippen molar-refractivity contribution in [2.24, 2.45) is 7.05 Å². The Morgan fingerprint density at radius 1 is 1.44 bits per heavy atom. The lowest BCUT2D eigenvalue weighted by atomic mass is 10.3. The third-order valence-electron chi connectivity index (χ3n) is 2.67. The van der Waals surface area contributed by atoms with Gasteiger partial charge in [0.05, 0.1) is 41.4 Å². The van der Waals surface area contributed by atoms with Crippen LogP contribution >= 0.6 is 15.9 Å². The maximum atomic E-state index is 5.01. The molecular weight excluding hydrogens is 296 g/mol. The molecule has 0 saturated heterocycles. The van der Waals surface area contributed by atoms with Crippen LogP contribution in [-0.4, -0.2) is 21.9 Å². The van der Waals surface area contributed by atoms with Crippen LogP contribution in [0.25, 0.3) is 0 Å². The summed E-state index contributed by atoms with van der Waals surface area (Å²) >= 11 is 3.54. The van der Waals surface area contributed by atoms with E-state index in [0.29, 0.717) is 12.4 Å². The molecule has 0 atom stereocenters. The highest BCUT2D eigenvalue weighted by Gasteiger charge is 2.09. The van der Waals surface area contributed by atoms with Crippen molar-refractivity contribution in [3.8, 4) is 5.88 Å². The fourth-order valence-electron chi connectivity index (χ4n) is 1.66. The highest BCUT2D eigenvalue weighted by molar-refractivity contribution is 9.10. The van der Waals surface area contributed by atoms with E-state index in [0.717, 1.165) is 21.5 Å². The van der Waals surface area contributed by atoms with Gasteiger partial charge in [0.15, 0.2) is 0 Å². The van der Waals surface area contributed by atoms with Gasteiger partial charge in [-0.2, -0.15) is 5.10 Å². The number of anilines is 1. The second-order valence-corrected chi connectivity index (χ2v) is 4.71. The fourth-order valence-corrected chi connectivity index (χ4v) is 2.14. The minimum Gasteiger partial charge on any atom is -0.481 e. The minimum atomic E-state index is 0.609. The van der Waals surface area contributed by atoms with E-state index in [4.69, 9.17) is 4.74 Å². The van der Waals surface area contributed by atoms with Crippen LogP contribution in [0.4, 0.5) is 5.69 Å². The van der Waals surface area contributed by atoms with Crippen LogP contribution in [-0.2, 0) is 13.6 Å². The lowest BCUT2D eigenvalue weighted by Crippen LogP contribution is -2.06. The SMILES string of the molecule is COc1ccc(NCc2c(Br)c(C)nn2C)cn1. The number of aromatic nitrogens is 3. The molecule has 0 spiro atoms. The third-order valence-corrected chi connectivity index (χ3v) is 3.70. The topological polar surface area (TPSA) is 52.0 Å². The molecule has 1 N–H and O–H groups in total. The number of aryl methyl sites for hydroxylation is 2. The molecule has 0 aliphatic carbocycles. The summed E-state index contributed by atoms with van der Waals surface area (Å²) in [6.45, 7) is 2.66. The largest absolute Gasteiger partial charge is 0.481 e. The van der Waals surface area contributed by atoms with Gasteiger partial charge in [-0.3, -0.25) is 4.68 Å². The van der Waals surface area contributed by atoms with Crippen molar-refractivity contribution < 1.29 is 4.74 Å². The minimum absolute atomic E-state index is 0.609. The molecule has 96 valence electrons. The van der Waals surface area contributed by atoms with Crippen molar-refractivity contribution in [3.05, 3.63) is 34.2 Å². The summed E-state index contributed by atoms with van der Waals surface area (Å²) in [4.78, 5) is 4.14. The molecule has 0 radical (unpaired) electrons. The van der Waals surface area contributed by atoms with Gasteiger partial charge >= 0.3 is 0 Å². The summed E-state index contributed by atoms with van der Waals surface area (Å²) in [5.41, 5.74) is 3.03. The first-order valence-electron chi connectivity index (χ1n) is 5.53. The first-order chi connectivity index (χ1) is 8.61. The van der Waals surface area contributed by atoms with Gasteiger partial charge in [0, 0.05) is 13.1 Å². The molecule has 5 nitrogen and oxygen atoms in total. The summed E-state index contributed by atoms with van der Waals surface area (Å²) in [5, 5.41) is 7.64. The van der Waals surface area contributed by atoms with Crippen LogP contribution in [0.3, 0.4) is 0 Å². The molecule has 0 aromatic carbocycles. The molecule has 0 saturated carbocycles. The van der Waals surface area contributed by atoms with Crippen LogP contribution in [0.15, 0.2) is 22.8 Å². The van der Waals surface area contributed by atoms with Gasteiger partial charge in [0.2, 0.25) is 5.88 Å².